The van der Waals surface area contributed by atoms with E-state index in [0.717, 1.165) is 34.0 Å². The van der Waals surface area contributed by atoms with Crippen LogP contribution in [0, 0.1) is 13.8 Å². The minimum absolute atomic E-state index is 0.0129. The van der Waals surface area contributed by atoms with E-state index >= 15 is 0 Å². The number of anilines is 9. The highest BCUT2D eigenvalue weighted by atomic mass is 32.1. The molecule has 6 heteroatoms. The first-order valence-corrected chi connectivity index (χ1v) is 33.0. The molecule has 4 heterocycles. The summed E-state index contributed by atoms with van der Waals surface area (Å²) in [5, 5.41) is 5.11. The van der Waals surface area contributed by atoms with Gasteiger partial charge in [0.2, 0.25) is 0 Å². The summed E-state index contributed by atoms with van der Waals surface area (Å²) in [6.45, 7) is 32.6. The minimum Gasteiger partial charge on any atom is -0.311 e. The van der Waals surface area contributed by atoms with Crippen molar-refractivity contribution in [1.82, 2.24) is 4.57 Å². The highest BCUT2D eigenvalue weighted by Crippen LogP contribution is 2.51. The Bertz CT molecular complexity index is 4990. The van der Waals surface area contributed by atoms with Crippen molar-refractivity contribution in [3.63, 3.8) is 0 Å². The van der Waals surface area contributed by atoms with Crippen LogP contribution in [0.2, 0.25) is 0 Å². The Morgan fingerprint density at radius 3 is 1.57 bits per heavy atom. The minimum atomic E-state index is -0.192. The second-order valence-corrected chi connectivity index (χ2v) is 30.7. The maximum Gasteiger partial charge on any atom is 0.252 e. The number of benzene rings is 11. The number of aromatic nitrogens is 1. The molecule has 0 N–H and O–H groups in total. The number of hydrogen-bond donors (Lipinski definition) is 0. The van der Waals surface area contributed by atoms with Crippen molar-refractivity contribution in [2.75, 3.05) is 14.7 Å². The fourth-order valence-electron chi connectivity index (χ4n) is 14.6. The number of hydrogen-bond acceptors (Lipinski definition) is 4. The maximum absolute atomic E-state index is 2.63. The number of rotatable bonds is 7. The molecule has 90 heavy (non-hydrogen) atoms. The predicted molar refractivity (Wildman–Crippen MR) is 392 cm³/mol. The molecule has 0 saturated carbocycles. The largest absolute Gasteiger partial charge is 0.311 e. The van der Waals surface area contributed by atoms with Gasteiger partial charge in [-0.1, -0.05) is 204 Å². The molecule has 0 spiro atoms. The van der Waals surface area contributed by atoms with Crippen LogP contribution in [0.1, 0.15) is 116 Å². The molecule has 2 aromatic heterocycles. The molecule has 0 bridgehead atoms. The van der Waals surface area contributed by atoms with E-state index in [1.807, 2.05) is 11.3 Å². The molecule has 0 radical (unpaired) electrons. The van der Waals surface area contributed by atoms with Crippen molar-refractivity contribution in [2.24, 2.45) is 0 Å². The Morgan fingerprint density at radius 1 is 0.356 bits per heavy atom. The molecule has 0 unspecified atom stereocenters. The van der Waals surface area contributed by atoms with Crippen LogP contribution in [0.15, 0.2) is 224 Å². The molecular formula is C84H79BN4S. The van der Waals surface area contributed by atoms with E-state index in [4.69, 9.17) is 0 Å². The summed E-state index contributed by atoms with van der Waals surface area (Å²) < 4.78 is 5.11. The maximum atomic E-state index is 2.63. The van der Waals surface area contributed by atoms with Crippen LogP contribution in [0.4, 0.5) is 51.2 Å². The topological polar surface area (TPSA) is 14.7 Å². The first-order valence-electron chi connectivity index (χ1n) is 32.2. The fourth-order valence-corrected chi connectivity index (χ4v) is 15.9. The van der Waals surface area contributed by atoms with Gasteiger partial charge in [-0.15, -0.1) is 11.3 Å². The number of aryl methyl sites for hydroxylation is 2. The van der Waals surface area contributed by atoms with Crippen molar-refractivity contribution in [2.45, 2.75) is 119 Å². The second-order valence-electron chi connectivity index (χ2n) is 29.6. The van der Waals surface area contributed by atoms with E-state index in [9.17, 15) is 0 Å². The third kappa shape index (κ3) is 9.38. The highest BCUT2D eigenvalue weighted by molar-refractivity contribution is 7.26. The Hall–Kier alpha value is -9.10. The van der Waals surface area contributed by atoms with Gasteiger partial charge in [0.25, 0.3) is 6.71 Å². The SMILES string of the molecule is Cc1cc(N2c3ccc(C(C)(C)C)cc3B3c4ccc(N(c5ccc(C(C)(C)C)cc5)c5ccc6c7ccccc7n(-c7ccccc7)c6c5)cc4N(c4ccc(C(C)(C)C)cc4)c4cc(C(C)(C)C)cc2c43)cc(C)c1-c1cccc2c1sc1ccccc12. The fraction of sp³-hybridized carbons (Fsp3) is 0.214. The third-order valence-corrected chi connectivity index (χ3v) is 20.6. The van der Waals surface area contributed by atoms with Gasteiger partial charge in [0.15, 0.2) is 0 Å². The first kappa shape index (κ1) is 57.4. The Labute approximate surface area is 536 Å². The van der Waals surface area contributed by atoms with E-state index in [1.54, 1.807) is 0 Å². The lowest BCUT2D eigenvalue weighted by molar-refractivity contribution is 0.590. The molecule has 2 aliphatic rings. The summed E-state index contributed by atoms with van der Waals surface area (Å²) in [6.07, 6.45) is 0. The average molecular weight is 1190 g/mol. The Kier molecular flexibility index (Phi) is 13.2. The normalized spacial score (nSPS) is 13.4. The number of para-hydroxylation sites is 2. The quantitative estimate of drug-likeness (QED) is 0.148. The zero-order chi connectivity index (χ0) is 62.5. The summed E-state index contributed by atoms with van der Waals surface area (Å²) >= 11 is 1.91. The molecule has 13 aromatic rings. The average Bonchev–Trinajstić information content (AvgIpc) is 0.877. The van der Waals surface area contributed by atoms with Crippen LogP contribution in [0.5, 0.6) is 0 Å². The molecule has 0 saturated heterocycles. The number of nitrogens with zero attached hydrogens (tertiary/aromatic N) is 4. The van der Waals surface area contributed by atoms with Gasteiger partial charge < -0.3 is 19.3 Å². The standard InChI is InChI=1S/C84H79BN4S/c1-52-45-63(46-53(2)78(52)68-28-22-27-67-66-26-19-21-30-77(66)90-80(67)68)89-72-44-35-56(83(9,10)11)47-70(72)85-69-43-41-62(51-74(69)88(60-38-33-55(34-39-60)82(6,7)8)75-48-57(84(12,13)14)49-76(89)79(75)85)86(59-36-31-54(32-37-59)81(3,4)5)61-40-42-65-64-25-18-20-29-71(64)87(73(65)50-61)58-23-16-15-17-24-58/h15-51H,1-14H3. The van der Waals surface area contributed by atoms with Crippen molar-refractivity contribution in [3.8, 4) is 16.8 Å². The number of fused-ring (bicyclic) bond motifs is 10. The number of thiophene rings is 1. The van der Waals surface area contributed by atoms with Crippen LogP contribution in [-0.2, 0) is 21.7 Å². The summed E-state index contributed by atoms with van der Waals surface area (Å²) in [6, 6.07) is 86.1. The molecule has 444 valence electrons. The van der Waals surface area contributed by atoms with E-state index in [2.05, 4.69) is 341 Å². The van der Waals surface area contributed by atoms with Gasteiger partial charge in [-0.2, -0.15) is 0 Å². The lowest BCUT2D eigenvalue weighted by Crippen LogP contribution is -2.61. The van der Waals surface area contributed by atoms with E-state index in [0.29, 0.717) is 0 Å². The van der Waals surface area contributed by atoms with Crippen molar-refractivity contribution in [3.05, 3.63) is 258 Å². The van der Waals surface area contributed by atoms with Crippen LogP contribution in [0.3, 0.4) is 0 Å². The lowest BCUT2D eigenvalue weighted by atomic mass is 9.33. The third-order valence-electron chi connectivity index (χ3n) is 19.4. The molecular weight excluding hydrogens is 1110 g/mol. The van der Waals surface area contributed by atoms with E-state index in [-0.39, 0.29) is 28.4 Å². The zero-order valence-electron chi connectivity index (χ0n) is 54.6. The smallest absolute Gasteiger partial charge is 0.252 e. The molecule has 0 fully saturated rings. The second kappa shape index (κ2) is 20.7. The molecule has 15 rings (SSSR count). The van der Waals surface area contributed by atoms with Gasteiger partial charge in [0, 0.05) is 93.4 Å². The monoisotopic (exact) mass is 1190 g/mol. The van der Waals surface area contributed by atoms with Crippen molar-refractivity contribution >= 4 is 128 Å². The Morgan fingerprint density at radius 2 is 0.900 bits per heavy atom. The van der Waals surface area contributed by atoms with Gasteiger partial charge >= 0.3 is 0 Å². The molecule has 0 amide bonds. The van der Waals surface area contributed by atoms with Gasteiger partial charge in [-0.25, -0.2) is 0 Å². The summed E-state index contributed by atoms with van der Waals surface area (Å²) in [4.78, 5) is 7.75. The Balaban J connectivity index is 0.990. The van der Waals surface area contributed by atoms with Crippen LogP contribution in [0.25, 0.3) is 58.8 Å². The summed E-state index contributed by atoms with van der Waals surface area (Å²) in [5.74, 6) is 0. The molecule has 0 atom stereocenters. The van der Waals surface area contributed by atoms with Crippen LogP contribution in [-0.4, -0.2) is 11.3 Å². The summed E-state index contributed by atoms with van der Waals surface area (Å²) in [7, 11) is 0. The molecule has 4 nitrogen and oxygen atoms in total. The van der Waals surface area contributed by atoms with Gasteiger partial charge in [0.05, 0.1) is 11.0 Å². The van der Waals surface area contributed by atoms with Crippen molar-refractivity contribution in [1.29, 1.82) is 0 Å². The van der Waals surface area contributed by atoms with Crippen LogP contribution >= 0.6 is 11.3 Å². The zero-order valence-corrected chi connectivity index (χ0v) is 55.5. The van der Waals surface area contributed by atoms with Gasteiger partial charge in [-0.3, -0.25) is 0 Å². The molecule has 2 aliphatic heterocycles. The lowest BCUT2D eigenvalue weighted by Gasteiger charge is -2.46. The summed E-state index contributed by atoms with van der Waals surface area (Å²) in [5.41, 5.74) is 27.9. The first-order chi connectivity index (χ1) is 43.0. The van der Waals surface area contributed by atoms with Crippen molar-refractivity contribution < 1.29 is 0 Å². The van der Waals surface area contributed by atoms with Gasteiger partial charge in [-0.05, 0) is 194 Å². The molecule has 11 aromatic carbocycles. The van der Waals surface area contributed by atoms with E-state index in [1.165, 1.54) is 126 Å². The highest BCUT2D eigenvalue weighted by Gasteiger charge is 2.45. The van der Waals surface area contributed by atoms with Gasteiger partial charge in [0.1, 0.15) is 0 Å². The predicted octanol–water partition coefficient (Wildman–Crippen LogP) is 22.2. The van der Waals surface area contributed by atoms with E-state index < -0.39 is 0 Å². The molecule has 0 aliphatic carbocycles. The van der Waals surface area contributed by atoms with Crippen LogP contribution < -0.4 is 31.1 Å².